The lowest BCUT2D eigenvalue weighted by Crippen LogP contribution is -2.23. The number of esters is 1. The molecule has 0 fully saturated rings. The fraction of sp³-hybridized carbons (Fsp3) is 0.583. The third-order valence-corrected chi connectivity index (χ3v) is 3.17. The molecule has 5 nitrogen and oxygen atoms in total. The molecule has 0 spiro atoms. The monoisotopic (exact) mass is 273 g/mol. The van der Waals surface area contributed by atoms with Crippen LogP contribution in [0.2, 0.25) is 0 Å². The maximum Gasteiger partial charge on any atom is 0.328 e. The number of ether oxygens (including phenoxy) is 3. The molecule has 1 unspecified atom stereocenters. The highest BCUT2D eigenvalue weighted by molar-refractivity contribution is 7.10. The summed E-state index contributed by atoms with van der Waals surface area (Å²) >= 11 is 1.45. The van der Waals surface area contributed by atoms with Crippen LogP contribution in [0.15, 0.2) is 17.5 Å². The Balaban J connectivity index is 2.07. The van der Waals surface area contributed by atoms with Crippen LogP contribution in [0.25, 0.3) is 0 Å². The number of thiophene rings is 1. The van der Waals surface area contributed by atoms with Crippen molar-refractivity contribution in [2.75, 3.05) is 33.5 Å². The predicted octanol–water partition coefficient (Wildman–Crippen LogP) is 1.34. The number of methoxy groups -OCH3 is 1. The van der Waals surface area contributed by atoms with Crippen molar-refractivity contribution < 1.29 is 19.0 Å². The lowest BCUT2D eigenvalue weighted by molar-refractivity contribution is -0.145. The van der Waals surface area contributed by atoms with Gasteiger partial charge in [-0.25, -0.2) is 4.79 Å². The van der Waals surface area contributed by atoms with Gasteiger partial charge in [-0.1, -0.05) is 6.07 Å². The lowest BCUT2D eigenvalue weighted by Gasteiger charge is -2.10. The number of hydrogen-bond acceptors (Lipinski definition) is 6. The maximum atomic E-state index is 11.6. The first-order chi connectivity index (χ1) is 8.75. The zero-order chi connectivity index (χ0) is 13.2. The van der Waals surface area contributed by atoms with Gasteiger partial charge in [-0.05, 0) is 11.4 Å². The molecule has 1 atom stereocenters. The average molecular weight is 273 g/mol. The highest BCUT2D eigenvalue weighted by Gasteiger charge is 2.17. The highest BCUT2D eigenvalue weighted by atomic mass is 32.1. The molecule has 0 radical (unpaired) electrons. The summed E-state index contributed by atoms with van der Waals surface area (Å²) in [5, 5.41) is 1.88. The summed E-state index contributed by atoms with van der Waals surface area (Å²) in [6, 6.07) is 3.00. The van der Waals surface area contributed by atoms with Crippen molar-refractivity contribution in [3.8, 4) is 0 Å². The quantitative estimate of drug-likeness (QED) is 0.543. The Morgan fingerprint density at radius 2 is 2.22 bits per heavy atom. The van der Waals surface area contributed by atoms with Gasteiger partial charge in [-0.2, -0.15) is 0 Å². The second-order valence-electron chi connectivity index (χ2n) is 3.62. The summed E-state index contributed by atoms with van der Waals surface area (Å²) in [6.07, 6.45) is 0.659. The van der Waals surface area contributed by atoms with Gasteiger partial charge in [0.15, 0.2) is 0 Å². The number of carbonyl (C=O) groups is 1. The standard InChI is InChI=1S/C12H19NO4S/c1-15-7-8-16-5-3-6-17-12(14)11(13)10-4-2-9-18-10/h2,4,9,11H,3,5-8,13H2,1H3. The first kappa shape index (κ1) is 15.1. The topological polar surface area (TPSA) is 70.8 Å². The summed E-state index contributed by atoms with van der Waals surface area (Å²) in [4.78, 5) is 12.4. The molecule has 2 N–H and O–H groups in total. The summed E-state index contributed by atoms with van der Waals surface area (Å²) in [7, 11) is 1.62. The molecular weight excluding hydrogens is 254 g/mol. The van der Waals surface area contributed by atoms with Gasteiger partial charge >= 0.3 is 5.97 Å². The van der Waals surface area contributed by atoms with Crippen LogP contribution in [-0.4, -0.2) is 39.5 Å². The molecule has 0 aliphatic rings. The van der Waals surface area contributed by atoms with Crippen molar-refractivity contribution in [3.05, 3.63) is 22.4 Å². The lowest BCUT2D eigenvalue weighted by atomic mass is 10.2. The Kier molecular flexibility index (Phi) is 7.59. The smallest absolute Gasteiger partial charge is 0.328 e. The van der Waals surface area contributed by atoms with Crippen LogP contribution >= 0.6 is 11.3 Å². The average Bonchev–Trinajstić information content (AvgIpc) is 2.90. The molecule has 0 aromatic carbocycles. The van der Waals surface area contributed by atoms with Crippen LogP contribution in [0, 0.1) is 0 Å². The van der Waals surface area contributed by atoms with Gasteiger partial charge in [0.25, 0.3) is 0 Å². The highest BCUT2D eigenvalue weighted by Crippen LogP contribution is 2.17. The molecule has 102 valence electrons. The van der Waals surface area contributed by atoms with E-state index < -0.39 is 12.0 Å². The maximum absolute atomic E-state index is 11.6. The minimum atomic E-state index is -0.681. The first-order valence-electron chi connectivity index (χ1n) is 5.78. The minimum Gasteiger partial charge on any atom is -0.464 e. The van der Waals surface area contributed by atoms with E-state index >= 15 is 0 Å². The van der Waals surface area contributed by atoms with Crippen LogP contribution in [0.1, 0.15) is 17.3 Å². The Morgan fingerprint density at radius 3 is 2.89 bits per heavy atom. The summed E-state index contributed by atoms with van der Waals surface area (Å²) in [6.45, 7) is 2.00. The molecule has 6 heteroatoms. The second kappa shape index (κ2) is 9.04. The van der Waals surface area contributed by atoms with E-state index in [0.29, 0.717) is 32.8 Å². The van der Waals surface area contributed by atoms with Crippen LogP contribution in [0.5, 0.6) is 0 Å². The van der Waals surface area contributed by atoms with E-state index in [1.807, 2.05) is 17.5 Å². The molecule has 1 aromatic heterocycles. The van der Waals surface area contributed by atoms with E-state index in [9.17, 15) is 4.79 Å². The van der Waals surface area contributed by atoms with Crippen molar-refractivity contribution in [1.82, 2.24) is 0 Å². The molecular formula is C12H19NO4S. The second-order valence-corrected chi connectivity index (χ2v) is 4.60. The van der Waals surface area contributed by atoms with E-state index in [4.69, 9.17) is 19.9 Å². The Hall–Kier alpha value is -0.950. The Labute approximate surface area is 111 Å². The molecule has 0 saturated heterocycles. The molecule has 0 amide bonds. The normalized spacial score (nSPS) is 12.3. The van der Waals surface area contributed by atoms with Crippen LogP contribution < -0.4 is 5.73 Å². The number of rotatable bonds is 9. The Morgan fingerprint density at radius 1 is 1.39 bits per heavy atom. The first-order valence-corrected chi connectivity index (χ1v) is 6.66. The molecule has 18 heavy (non-hydrogen) atoms. The van der Waals surface area contributed by atoms with Crippen molar-refractivity contribution in [3.63, 3.8) is 0 Å². The third kappa shape index (κ3) is 5.59. The van der Waals surface area contributed by atoms with Gasteiger partial charge in [-0.3, -0.25) is 0 Å². The van der Waals surface area contributed by atoms with E-state index in [1.54, 1.807) is 7.11 Å². The Bertz CT molecular complexity index is 329. The largest absolute Gasteiger partial charge is 0.464 e. The van der Waals surface area contributed by atoms with E-state index in [2.05, 4.69) is 0 Å². The van der Waals surface area contributed by atoms with E-state index in [-0.39, 0.29) is 0 Å². The van der Waals surface area contributed by atoms with Crippen molar-refractivity contribution in [1.29, 1.82) is 0 Å². The van der Waals surface area contributed by atoms with Gasteiger partial charge in [-0.15, -0.1) is 11.3 Å². The molecule has 0 aliphatic carbocycles. The van der Waals surface area contributed by atoms with Crippen LogP contribution in [-0.2, 0) is 19.0 Å². The van der Waals surface area contributed by atoms with Gasteiger partial charge in [0.1, 0.15) is 6.04 Å². The fourth-order valence-corrected chi connectivity index (χ4v) is 1.97. The van der Waals surface area contributed by atoms with Crippen molar-refractivity contribution in [2.24, 2.45) is 5.73 Å². The zero-order valence-electron chi connectivity index (χ0n) is 10.5. The fourth-order valence-electron chi connectivity index (χ4n) is 1.25. The van der Waals surface area contributed by atoms with Crippen molar-refractivity contribution in [2.45, 2.75) is 12.5 Å². The number of hydrogen-bond donors (Lipinski definition) is 1. The molecule has 1 aromatic rings. The molecule has 1 rings (SSSR count). The molecule has 1 heterocycles. The summed E-state index contributed by atoms with van der Waals surface area (Å²) in [5.41, 5.74) is 5.75. The van der Waals surface area contributed by atoms with Crippen LogP contribution in [0.4, 0.5) is 0 Å². The van der Waals surface area contributed by atoms with Crippen LogP contribution in [0.3, 0.4) is 0 Å². The molecule has 0 aliphatic heterocycles. The van der Waals surface area contributed by atoms with Crippen molar-refractivity contribution >= 4 is 17.3 Å². The minimum absolute atomic E-state index is 0.324. The zero-order valence-corrected chi connectivity index (χ0v) is 11.3. The van der Waals surface area contributed by atoms with Gasteiger partial charge in [0, 0.05) is 25.0 Å². The van der Waals surface area contributed by atoms with Gasteiger partial charge < -0.3 is 19.9 Å². The SMILES string of the molecule is COCCOCCCOC(=O)C(N)c1cccs1. The van der Waals surface area contributed by atoms with Gasteiger partial charge in [0.2, 0.25) is 0 Å². The van der Waals surface area contributed by atoms with Gasteiger partial charge in [0.05, 0.1) is 19.8 Å². The number of nitrogens with two attached hydrogens (primary N) is 1. The van der Waals surface area contributed by atoms with E-state index in [1.165, 1.54) is 11.3 Å². The predicted molar refractivity (Wildman–Crippen MR) is 69.5 cm³/mol. The van der Waals surface area contributed by atoms with E-state index in [0.717, 1.165) is 4.88 Å². The summed E-state index contributed by atoms with van der Waals surface area (Å²) in [5.74, 6) is -0.394. The third-order valence-electron chi connectivity index (χ3n) is 2.21. The molecule has 0 saturated carbocycles. The number of carbonyl (C=O) groups excluding carboxylic acids is 1. The summed E-state index contributed by atoms with van der Waals surface area (Å²) < 4.78 is 15.1. The molecule has 0 bridgehead atoms.